The summed E-state index contributed by atoms with van der Waals surface area (Å²) in [5.74, 6) is 0. The average molecular weight is 322 g/mol. The first-order chi connectivity index (χ1) is 10.1. The highest BCUT2D eigenvalue weighted by atomic mass is 32.2. The summed E-state index contributed by atoms with van der Waals surface area (Å²) < 4.78 is 26.0. The standard InChI is InChI=1S/C17H26N2O2S/c1-16(2)15-11-12-10-13(22(20,21)19(4)5)6-7-14(12)17(16,3)8-9-18-15/h6-7,10,15,18H,8-9,11H2,1-5H3/t15-,17+/m1/s1. The minimum atomic E-state index is -3.37. The highest BCUT2D eigenvalue weighted by molar-refractivity contribution is 7.89. The lowest BCUT2D eigenvalue weighted by Crippen LogP contribution is -2.62. The minimum Gasteiger partial charge on any atom is -0.313 e. The third-order valence-electron chi connectivity index (χ3n) is 6.18. The van der Waals surface area contributed by atoms with Gasteiger partial charge in [-0.1, -0.05) is 26.8 Å². The van der Waals surface area contributed by atoms with Crippen LogP contribution in [0.3, 0.4) is 0 Å². The first-order valence-corrected chi connectivity index (χ1v) is 9.34. The number of nitrogens with zero attached hydrogens (tertiary/aromatic N) is 1. The fourth-order valence-corrected chi connectivity index (χ4v) is 5.09. The minimum absolute atomic E-state index is 0.0942. The van der Waals surface area contributed by atoms with Crippen LogP contribution in [0.2, 0.25) is 0 Å². The highest BCUT2D eigenvalue weighted by Gasteiger charge is 2.53. The topological polar surface area (TPSA) is 49.4 Å². The van der Waals surface area contributed by atoms with E-state index in [2.05, 4.69) is 32.2 Å². The van der Waals surface area contributed by atoms with Crippen LogP contribution in [0.25, 0.3) is 0 Å². The first kappa shape index (κ1) is 16.0. The van der Waals surface area contributed by atoms with Crippen LogP contribution in [-0.2, 0) is 21.9 Å². The summed E-state index contributed by atoms with van der Waals surface area (Å²) in [5.41, 5.74) is 2.77. The van der Waals surface area contributed by atoms with Crippen molar-refractivity contribution < 1.29 is 8.42 Å². The molecule has 0 spiro atoms. The Bertz CT molecular complexity index is 709. The van der Waals surface area contributed by atoms with E-state index in [1.807, 2.05) is 6.07 Å². The molecule has 1 N–H and O–H groups in total. The number of hydrogen-bond donors (Lipinski definition) is 1. The number of fused-ring (bicyclic) bond motifs is 4. The second-order valence-corrected chi connectivity index (χ2v) is 9.77. The molecule has 1 aliphatic carbocycles. The zero-order valence-electron chi connectivity index (χ0n) is 14.1. The van der Waals surface area contributed by atoms with Crippen molar-refractivity contribution in [3.63, 3.8) is 0 Å². The zero-order valence-corrected chi connectivity index (χ0v) is 14.9. The Hall–Kier alpha value is -0.910. The summed E-state index contributed by atoms with van der Waals surface area (Å²) in [7, 11) is -0.212. The van der Waals surface area contributed by atoms with E-state index < -0.39 is 10.0 Å². The normalized spacial score (nSPS) is 30.2. The quantitative estimate of drug-likeness (QED) is 0.907. The lowest BCUT2D eigenvalue weighted by Gasteiger charge is -2.57. The molecule has 1 saturated heterocycles. The van der Waals surface area contributed by atoms with Crippen molar-refractivity contribution in [1.29, 1.82) is 0 Å². The summed E-state index contributed by atoms with van der Waals surface area (Å²) in [6.07, 6.45) is 1.98. The second-order valence-electron chi connectivity index (χ2n) is 7.62. The van der Waals surface area contributed by atoms with E-state index in [-0.39, 0.29) is 10.8 Å². The van der Waals surface area contributed by atoms with E-state index in [0.717, 1.165) is 19.4 Å². The number of rotatable bonds is 2. The number of sulfonamides is 1. The van der Waals surface area contributed by atoms with E-state index in [4.69, 9.17) is 0 Å². The van der Waals surface area contributed by atoms with Gasteiger partial charge < -0.3 is 5.32 Å². The van der Waals surface area contributed by atoms with Crippen LogP contribution in [0.15, 0.2) is 23.1 Å². The van der Waals surface area contributed by atoms with Crippen molar-refractivity contribution in [2.45, 2.75) is 50.0 Å². The monoisotopic (exact) mass is 322 g/mol. The number of benzene rings is 1. The fourth-order valence-electron chi connectivity index (χ4n) is 4.14. The Morgan fingerprint density at radius 3 is 2.55 bits per heavy atom. The average Bonchev–Trinajstić information content (AvgIpc) is 2.41. The van der Waals surface area contributed by atoms with E-state index >= 15 is 0 Å². The van der Waals surface area contributed by atoms with Crippen LogP contribution in [0.1, 0.15) is 38.3 Å². The molecule has 122 valence electrons. The van der Waals surface area contributed by atoms with Gasteiger partial charge in [0.2, 0.25) is 10.0 Å². The molecule has 2 bridgehead atoms. The van der Waals surface area contributed by atoms with Gasteiger partial charge in [-0.15, -0.1) is 0 Å². The van der Waals surface area contributed by atoms with Crippen LogP contribution in [-0.4, -0.2) is 39.4 Å². The Kier molecular flexibility index (Phi) is 3.48. The summed E-state index contributed by atoms with van der Waals surface area (Å²) in [5, 5.41) is 3.63. The predicted molar refractivity (Wildman–Crippen MR) is 88.6 cm³/mol. The fraction of sp³-hybridized carbons (Fsp3) is 0.647. The molecule has 0 radical (unpaired) electrons. The first-order valence-electron chi connectivity index (χ1n) is 7.90. The van der Waals surface area contributed by atoms with Gasteiger partial charge in [0.15, 0.2) is 0 Å². The molecule has 2 atom stereocenters. The number of piperidine rings is 1. The highest BCUT2D eigenvalue weighted by Crippen LogP contribution is 2.53. The SMILES string of the molecule is CN(C)S(=O)(=O)c1ccc2c(c1)C[C@H]1NCC[C@]2(C)C1(C)C. The van der Waals surface area contributed by atoms with Crippen LogP contribution in [0, 0.1) is 5.41 Å². The Morgan fingerprint density at radius 2 is 1.91 bits per heavy atom. The molecule has 0 aromatic heterocycles. The Balaban J connectivity index is 2.16. The van der Waals surface area contributed by atoms with Crippen LogP contribution in [0.4, 0.5) is 0 Å². The molecular weight excluding hydrogens is 296 g/mol. The van der Waals surface area contributed by atoms with Gasteiger partial charge >= 0.3 is 0 Å². The molecule has 22 heavy (non-hydrogen) atoms. The van der Waals surface area contributed by atoms with E-state index in [0.29, 0.717) is 10.9 Å². The van der Waals surface area contributed by atoms with Crippen molar-refractivity contribution in [3.8, 4) is 0 Å². The van der Waals surface area contributed by atoms with E-state index in [1.54, 1.807) is 20.2 Å². The predicted octanol–water partition coefficient (Wildman–Crippen LogP) is 2.14. The maximum absolute atomic E-state index is 12.4. The van der Waals surface area contributed by atoms with Crippen molar-refractivity contribution in [2.24, 2.45) is 5.41 Å². The molecule has 1 heterocycles. The van der Waals surface area contributed by atoms with Gasteiger partial charge in [0.1, 0.15) is 0 Å². The molecule has 5 heteroatoms. The molecule has 3 rings (SSSR count). The molecule has 4 nitrogen and oxygen atoms in total. The molecule has 0 amide bonds. The molecule has 0 unspecified atom stereocenters. The van der Waals surface area contributed by atoms with E-state index in [1.165, 1.54) is 15.4 Å². The maximum Gasteiger partial charge on any atom is 0.242 e. The van der Waals surface area contributed by atoms with Crippen LogP contribution < -0.4 is 5.32 Å². The van der Waals surface area contributed by atoms with Gasteiger partial charge in [-0.25, -0.2) is 12.7 Å². The van der Waals surface area contributed by atoms with Crippen molar-refractivity contribution >= 4 is 10.0 Å². The van der Waals surface area contributed by atoms with Crippen LogP contribution in [0.5, 0.6) is 0 Å². The summed E-state index contributed by atoms with van der Waals surface area (Å²) in [4.78, 5) is 0.401. The number of nitrogens with one attached hydrogen (secondary N) is 1. The third kappa shape index (κ3) is 1.99. The molecule has 1 aliphatic heterocycles. The lowest BCUT2D eigenvalue weighted by molar-refractivity contribution is 0.0558. The number of hydrogen-bond acceptors (Lipinski definition) is 3. The third-order valence-corrected chi connectivity index (χ3v) is 7.99. The maximum atomic E-state index is 12.4. The van der Waals surface area contributed by atoms with Gasteiger partial charge in [0.25, 0.3) is 0 Å². The molecule has 2 aliphatic rings. The molecule has 1 aromatic carbocycles. The Morgan fingerprint density at radius 1 is 1.23 bits per heavy atom. The van der Waals surface area contributed by atoms with Gasteiger partial charge in [-0.05, 0) is 48.1 Å². The van der Waals surface area contributed by atoms with Gasteiger partial charge in [0.05, 0.1) is 4.90 Å². The molecule has 1 aromatic rings. The van der Waals surface area contributed by atoms with Crippen molar-refractivity contribution in [1.82, 2.24) is 9.62 Å². The summed E-state index contributed by atoms with van der Waals surface area (Å²) >= 11 is 0. The second kappa shape index (κ2) is 4.79. The van der Waals surface area contributed by atoms with Gasteiger partial charge in [-0.2, -0.15) is 0 Å². The summed E-state index contributed by atoms with van der Waals surface area (Å²) in [6, 6.07) is 6.11. The van der Waals surface area contributed by atoms with Gasteiger partial charge in [0, 0.05) is 25.6 Å². The van der Waals surface area contributed by atoms with Gasteiger partial charge in [-0.3, -0.25) is 0 Å². The largest absolute Gasteiger partial charge is 0.313 e. The molecule has 1 fully saturated rings. The molecule has 0 saturated carbocycles. The van der Waals surface area contributed by atoms with E-state index in [9.17, 15) is 8.42 Å². The summed E-state index contributed by atoms with van der Waals surface area (Å²) in [6.45, 7) is 8.02. The Labute approximate surface area is 134 Å². The van der Waals surface area contributed by atoms with Crippen molar-refractivity contribution in [2.75, 3.05) is 20.6 Å². The van der Waals surface area contributed by atoms with Crippen molar-refractivity contribution in [3.05, 3.63) is 29.3 Å². The zero-order chi connectivity index (χ0) is 16.3. The van der Waals surface area contributed by atoms with Crippen LogP contribution >= 0.6 is 0 Å². The smallest absolute Gasteiger partial charge is 0.242 e. The lowest BCUT2D eigenvalue weighted by atomic mass is 9.51. The molecular formula is C17H26N2O2S.